The predicted octanol–water partition coefficient (Wildman–Crippen LogP) is 3.37. The summed E-state index contributed by atoms with van der Waals surface area (Å²) in [7, 11) is -3.59. The van der Waals surface area contributed by atoms with Crippen molar-refractivity contribution in [3.05, 3.63) is 35.9 Å². The summed E-state index contributed by atoms with van der Waals surface area (Å²) in [6.45, 7) is 4.49. The summed E-state index contributed by atoms with van der Waals surface area (Å²) in [5, 5.41) is 8.88. The molecule has 0 radical (unpaired) electrons. The van der Waals surface area contributed by atoms with Gasteiger partial charge in [0.25, 0.3) is 5.91 Å². The number of piperidine rings is 1. The number of urea groups is 1. The van der Waals surface area contributed by atoms with Gasteiger partial charge in [0.15, 0.2) is 9.84 Å². The third kappa shape index (κ3) is 8.60. The number of carbonyl (C=O) groups excluding carboxylic acids is 5. The van der Waals surface area contributed by atoms with Gasteiger partial charge in [-0.3, -0.25) is 19.2 Å². The zero-order valence-corrected chi connectivity index (χ0v) is 30.8. The lowest BCUT2D eigenvalue weighted by molar-refractivity contribution is -0.144. The number of Topliss-reactive ketones (excluding diaryl/α,β-unsaturated/α-hetero) is 1. The first-order valence-corrected chi connectivity index (χ1v) is 20.8. The van der Waals surface area contributed by atoms with Crippen molar-refractivity contribution in [2.75, 3.05) is 12.3 Å². The molecule has 280 valence electrons. The zero-order valence-electron chi connectivity index (χ0n) is 30.0. The second-order valence-corrected chi connectivity index (χ2v) is 18.8. The molecule has 0 spiro atoms. The summed E-state index contributed by atoms with van der Waals surface area (Å²) in [5.74, 6) is -3.01. The highest BCUT2D eigenvalue weighted by Gasteiger charge is 2.70. The molecule has 1 aliphatic heterocycles. The van der Waals surface area contributed by atoms with Crippen LogP contribution in [0.15, 0.2) is 30.3 Å². The third-order valence-corrected chi connectivity index (χ3v) is 14.3. The molecule has 0 bridgehead atoms. The number of fused-ring (bicyclic) bond motifs is 1. The van der Waals surface area contributed by atoms with E-state index >= 15 is 0 Å². The first-order chi connectivity index (χ1) is 24.2. The van der Waals surface area contributed by atoms with Crippen molar-refractivity contribution in [2.24, 2.45) is 34.8 Å². The maximum Gasteiger partial charge on any atom is 0.315 e. The summed E-state index contributed by atoms with van der Waals surface area (Å²) in [6.07, 6.45) is 10.1. The normalized spacial score (nSPS) is 26.6. The maximum absolute atomic E-state index is 14.7. The minimum Gasteiger partial charge on any atom is -0.363 e. The van der Waals surface area contributed by atoms with E-state index in [1.807, 2.05) is 18.2 Å². The van der Waals surface area contributed by atoms with Crippen LogP contribution in [0, 0.1) is 29.1 Å². The molecule has 4 saturated carbocycles. The van der Waals surface area contributed by atoms with Crippen LogP contribution in [0.25, 0.3) is 0 Å². The summed E-state index contributed by atoms with van der Waals surface area (Å²) in [6, 6.07) is 5.65. The van der Waals surface area contributed by atoms with Gasteiger partial charge >= 0.3 is 6.03 Å². The quantitative estimate of drug-likeness (QED) is 0.212. The van der Waals surface area contributed by atoms with E-state index in [4.69, 9.17) is 5.73 Å². The number of ketones is 1. The molecule has 5 aliphatic rings. The van der Waals surface area contributed by atoms with Crippen molar-refractivity contribution in [1.29, 1.82) is 0 Å². The van der Waals surface area contributed by atoms with E-state index in [0.717, 1.165) is 64.2 Å². The van der Waals surface area contributed by atoms with Crippen LogP contribution in [0.3, 0.4) is 0 Å². The summed E-state index contributed by atoms with van der Waals surface area (Å²) in [5.41, 5.74) is 4.89. The summed E-state index contributed by atoms with van der Waals surface area (Å²) < 4.78 is 27.0. The molecule has 5 atom stereocenters. The topological polar surface area (TPSA) is 185 Å². The minimum atomic E-state index is -3.59. The summed E-state index contributed by atoms with van der Waals surface area (Å²) in [4.78, 5) is 68.9. The highest BCUT2D eigenvalue weighted by molar-refractivity contribution is 7.90. The molecule has 1 heterocycles. The lowest BCUT2D eigenvalue weighted by Crippen LogP contribution is -2.63. The number of carbonyl (C=O) groups is 5. The second kappa shape index (κ2) is 14.9. The van der Waals surface area contributed by atoms with E-state index in [9.17, 15) is 32.4 Å². The number of nitrogens with two attached hydrogens (primary N) is 1. The molecule has 1 aromatic rings. The highest BCUT2D eigenvalue weighted by Crippen LogP contribution is 2.65. The summed E-state index contributed by atoms with van der Waals surface area (Å²) >= 11 is 0. The van der Waals surface area contributed by atoms with Crippen molar-refractivity contribution in [3.63, 3.8) is 0 Å². The molecule has 2 unspecified atom stereocenters. The molecule has 5 amide bonds. The SMILES string of the molecule is CC1(C)C2CN(C(=O)[C@@H](NC(=O)NC3(CS(=O)(=O)Cc4ccccc4)CCCCC3)C3CCCCC3)[C@H](C(=O)NC(CC3CC3)C(=O)C(N)=O)[C@H]21. The molecular weight excluding hydrogens is 671 g/mol. The zero-order chi connectivity index (χ0) is 36.6. The Morgan fingerprint density at radius 2 is 1.55 bits per heavy atom. The average Bonchev–Trinajstić information content (AvgIpc) is 3.94. The number of hydrogen-bond donors (Lipinski definition) is 4. The third-order valence-electron chi connectivity index (χ3n) is 12.5. The van der Waals surface area contributed by atoms with Gasteiger partial charge in [0, 0.05) is 6.54 Å². The average molecular weight is 726 g/mol. The van der Waals surface area contributed by atoms with Crippen LogP contribution in [0.4, 0.5) is 4.79 Å². The van der Waals surface area contributed by atoms with Gasteiger partial charge in [0.1, 0.15) is 12.1 Å². The Labute approximate surface area is 301 Å². The Balaban J connectivity index is 1.20. The lowest BCUT2D eigenvalue weighted by atomic mass is 9.82. The standard InChI is InChI=1S/C38H55N5O7S/c1-37(2)27-21-43(31(29(27)37)34(46)40-28(20-24-16-17-24)32(44)33(39)45)35(47)30(26-14-8-4-9-15-26)41-36(48)42-38(18-10-5-11-19-38)23-51(49,50)22-25-12-6-3-7-13-25/h3,6-7,12-13,24,26-31H,4-5,8-11,14-23H2,1-2H3,(H2,39,45)(H,40,46)(H2,41,42,48)/t27?,28?,29-,30-,31-/m0/s1. The number of primary amides is 1. The molecule has 5 fully saturated rings. The van der Waals surface area contributed by atoms with Crippen molar-refractivity contribution in [2.45, 2.75) is 127 Å². The molecule has 12 nitrogen and oxygen atoms in total. The number of sulfone groups is 1. The monoisotopic (exact) mass is 725 g/mol. The highest BCUT2D eigenvalue weighted by atomic mass is 32.2. The Hall–Kier alpha value is -3.48. The molecule has 0 aromatic heterocycles. The van der Waals surface area contributed by atoms with E-state index in [0.29, 0.717) is 31.4 Å². The minimum absolute atomic E-state index is 0.0760. The van der Waals surface area contributed by atoms with Crippen LogP contribution in [-0.4, -0.2) is 78.8 Å². The number of amides is 5. The molecule has 1 aromatic carbocycles. The van der Waals surface area contributed by atoms with Gasteiger partial charge in [0.2, 0.25) is 17.6 Å². The molecule has 51 heavy (non-hydrogen) atoms. The van der Waals surface area contributed by atoms with E-state index in [-0.39, 0.29) is 46.5 Å². The van der Waals surface area contributed by atoms with Crippen molar-refractivity contribution >= 4 is 39.4 Å². The number of rotatable bonds is 14. The Bertz CT molecular complexity index is 1600. The van der Waals surface area contributed by atoms with Crippen molar-refractivity contribution in [3.8, 4) is 0 Å². The van der Waals surface area contributed by atoms with E-state index in [2.05, 4.69) is 29.8 Å². The molecule has 4 aliphatic carbocycles. The number of likely N-dealkylation sites (tertiary alicyclic amines) is 1. The van der Waals surface area contributed by atoms with E-state index < -0.39 is 57.1 Å². The van der Waals surface area contributed by atoms with Crippen molar-refractivity contribution in [1.82, 2.24) is 20.9 Å². The van der Waals surface area contributed by atoms with Crippen LogP contribution < -0.4 is 21.7 Å². The number of hydrogen-bond acceptors (Lipinski definition) is 7. The van der Waals surface area contributed by atoms with Gasteiger partial charge in [-0.1, -0.05) is 95.5 Å². The Morgan fingerprint density at radius 3 is 2.18 bits per heavy atom. The molecular formula is C38H55N5O7S. The van der Waals surface area contributed by atoms with Crippen LogP contribution in [0.1, 0.15) is 103 Å². The van der Waals surface area contributed by atoms with Gasteiger partial charge in [0.05, 0.1) is 23.1 Å². The predicted molar refractivity (Wildman–Crippen MR) is 192 cm³/mol. The molecule has 6 rings (SSSR count). The fourth-order valence-electron chi connectivity index (χ4n) is 9.44. The van der Waals surface area contributed by atoms with Gasteiger partial charge < -0.3 is 26.6 Å². The number of nitrogens with one attached hydrogen (secondary N) is 3. The second-order valence-electron chi connectivity index (χ2n) is 16.7. The first kappa shape index (κ1) is 37.3. The molecule has 13 heteroatoms. The maximum atomic E-state index is 14.7. The van der Waals surface area contributed by atoms with Crippen LogP contribution in [-0.2, 0) is 34.8 Å². The molecule has 5 N–H and O–H groups in total. The van der Waals surface area contributed by atoms with Gasteiger partial charge in [-0.15, -0.1) is 0 Å². The first-order valence-electron chi connectivity index (χ1n) is 19.0. The lowest BCUT2D eigenvalue weighted by Gasteiger charge is -2.40. The number of benzene rings is 1. The fourth-order valence-corrected chi connectivity index (χ4v) is 11.4. The largest absolute Gasteiger partial charge is 0.363 e. The molecule has 1 saturated heterocycles. The smallest absolute Gasteiger partial charge is 0.315 e. The van der Waals surface area contributed by atoms with Crippen LogP contribution >= 0.6 is 0 Å². The van der Waals surface area contributed by atoms with Gasteiger partial charge in [-0.05, 0) is 66.8 Å². The Kier molecular flexibility index (Phi) is 10.9. The van der Waals surface area contributed by atoms with Gasteiger partial charge in [-0.2, -0.15) is 0 Å². The fraction of sp³-hybridized carbons (Fsp3) is 0.711. The number of nitrogens with zero attached hydrogens (tertiary/aromatic N) is 1. The van der Waals surface area contributed by atoms with E-state index in [1.54, 1.807) is 17.0 Å². The van der Waals surface area contributed by atoms with Crippen LogP contribution in [0.2, 0.25) is 0 Å². The Morgan fingerprint density at radius 1 is 0.902 bits per heavy atom. The van der Waals surface area contributed by atoms with Crippen LogP contribution in [0.5, 0.6) is 0 Å². The van der Waals surface area contributed by atoms with Crippen molar-refractivity contribution < 1.29 is 32.4 Å². The van der Waals surface area contributed by atoms with Gasteiger partial charge in [-0.25, -0.2) is 13.2 Å². The van der Waals surface area contributed by atoms with E-state index in [1.165, 1.54) is 0 Å².